The molecule has 0 radical (unpaired) electrons. The van der Waals surface area contributed by atoms with Crippen LogP contribution >= 0.6 is 0 Å². The average molecular weight is 284 g/mol. The van der Waals surface area contributed by atoms with Crippen LogP contribution in [-0.4, -0.2) is 26.4 Å². The van der Waals surface area contributed by atoms with Gasteiger partial charge in [-0.2, -0.15) is 4.52 Å². The van der Waals surface area contributed by atoms with Crippen LogP contribution in [0.15, 0.2) is 30.6 Å². The minimum Gasteiger partial charge on any atom is -0.476 e. The molecule has 110 valence electrons. The Hall–Kier alpha value is -2.17. The fourth-order valence-electron chi connectivity index (χ4n) is 2.48. The lowest BCUT2D eigenvalue weighted by atomic mass is 10.2. The van der Waals surface area contributed by atoms with Crippen LogP contribution in [0.2, 0.25) is 0 Å². The summed E-state index contributed by atoms with van der Waals surface area (Å²) in [5.41, 5.74) is 0.765. The molecule has 0 bridgehead atoms. The van der Waals surface area contributed by atoms with Gasteiger partial charge in [0.25, 0.3) is 0 Å². The van der Waals surface area contributed by atoms with Gasteiger partial charge in [-0.25, -0.2) is 0 Å². The van der Waals surface area contributed by atoms with Gasteiger partial charge in [-0.3, -0.25) is 0 Å². The summed E-state index contributed by atoms with van der Waals surface area (Å²) in [5, 5.41) is 14.5. The monoisotopic (exact) mass is 284 g/mol. The van der Waals surface area contributed by atoms with Crippen molar-refractivity contribution in [1.29, 1.82) is 0 Å². The Bertz CT molecular complexity index is 722. The van der Waals surface area contributed by atoms with Gasteiger partial charge in [-0.15, -0.1) is 15.3 Å². The van der Waals surface area contributed by atoms with E-state index in [-0.39, 0.29) is 0 Å². The zero-order chi connectivity index (χ0) is 14.5. The summed E-state index contributed by atoms with van der Waals surface area (Å²) >= 11 is 0. The minimum atomic E-state index is 0.661. The van der Waals surface area contributed by atoms with E-state index in [0.29, 0.717) is 12.5 Å². The van der Waals surface area contributed by atoms with Crippen molar-refractivity contribution in [2.45, 2.75) is 39.0 Å². The van der Waals surface area contributed by atoms with Crippen molar-refractivity contribution in [3.05, 3.63) is 30.6 Å². The fourth-order valence-corrected chi connectivity index (χ4v) is 2.48. The molecule has 3 aromatic rings. The van der Waals surface area contributed by atoms with Gasteiger partial charge < -0.3 is 4.74 Å². The van der Waals surface area contributed by atoms with Gasteiger partial charge in [0.05, 0.1) is 6.61 Å². The number of nitrogens with zero attached hydrogens (tertiary/aromatic N) is 4. The molecule has 21 heavy (non-hydrogen) atoms. The van der Waals surface area contributed by atoms with Crippen LogP contribution in [0.3, 0.4) is 0 Å². The van der Waals surface area contributed by atoms with E-state index >= 15 is 0 Å². The lowest BCUT2D eigenvalue weighted by molar-refractivity contribution is 0.293. The van der Waals surface area contributed by atoms with Crippen molar-refractivity contribution in [2.24, 2.45) is 0 Å². The number of hydrogen-bond donors (Lipinski definition) is 0. The highest BCUT2D eigenvalue weighted by atomic mass is 16.5. The maximum absolute atomic E-state index is 5.89. The van der Waals surface area contributed by atoms with Crippen LogP contribution < -0.4 is 4.74 Å². The average Bonchev–Trinajstić information content (AvgIpc) is 2.99. The van der Waals surface area contributed by atoms with Crippen LogP contribution in [0, 0.1) is 0 Å². The summed E-state index contributed by atoms with van der Waals surface area (Å²) in [6.45, 7) is 2.93. The first-order valence-electron chi connectivity index (χ1n) is 7.61. The second-order valence-corrected chi connectivity index (χ2v) is 5.21. The third kappa shape index (κ3) is 2.96. The molecule has 5 nitrogen and oxygen atoms in total. The van der Waals surface area contributed by atoms with Crippen molar-refractivity contribution >= 4 is 16.4 Å². The van der Waals surface area contributed by atoms with Crippen LogP contribution in [0.25, 0.3) is 16.4 Å². The van der Waals surface area contributed by atoms with Gasteiger partial charge in [0.1, 0.15) is 6.33 Å². The van der Waals surface area contributed by atoms with Crippen molar-refractivity contribution < 1.29 is 4.74 Å². The van der Waals surface area contributed by atoms with Crippen molar-refractivity contribution in [3.8, 4) is 5.88 Å². The number of benzene rings is 1. The predicted molar refractivity (Wildman–Crippen MR) is 82.5 cm³/mol. The number of hydrogen-bond acceptors (Lipinski definition) is 4. The lowest BCUT2D eigenvalue weighted by Gasteiger charge is -2.09. The normalized spacial score (nSPS) is 11.3. The summed E-state index contributed by atoms with van der Waals surface area (Å²) in [5.74, 6) is 0.661. The lowest BCUT2D eigenvalue weighted by Crippen LogP contribution is -2.03. The molecule has 0 N–H and O–H groups in total. The number of aromatic nitrogens is 4. The maximum atomic E-state index is 5.89. The van der Waals surface area contributed by atoms with Crippen LogP contribution in [-0.2, 0) is 0 Å². The number of fused-ring (bicyclic) bond motifs is 3. The summed E-state index contributed by atoms with van der Waals surface area (Å²) < 4.78 is 7.56. The summed E-state index contributed by atoms with van der Waals surface area (Å²) in [7, 11) is 0. The molecule has 0 amide bonds. The molecule has 0 spiro atoms. The highest BCUT2D eigenvalue weighted by molar-refractivity contribution is 5.96. The molecule has 0 aliphatic rings. The summed E-state index contributed by atoms with van der Waals surface area (Å²) in [4.78, 5) is 0. The molecule has 1 aromatic carbocycles. The Balaban J connectivity index is 1.77. The quantitative estimate of drug-likeness (QED) is 0.622. The number of unbranched alkanes of at least 4 members (excludes halogenated alkanes) is 4. The van der Waals surface area contributed by atoms with Crippen LogP contribution in [0.4, 0.5) is 0 Å². The molecule has 3 rings (SSSR count). The first kappa shape index (κ1) is 13.8. The zero-order valence-corrected chi connectivity index (χ0v) is 12.3. The van der Waals surface area contributed by atoms with Gasteiger partial charge in [-0.05, 0) is 12.5 Å². The SMILES string of the molecule is CCCCCCCOc1nn2cnnc2c2ccccc12. The predicted octanol–water partition coefficient (Wildman–Crippen LogP) is 3.63. The summed E-state index contributed by atoms with van der Waals surface area (Å²) in [6.07, 6.45) is 7.72. The van der Waals surface area contributed by atoms with Gasteiger partial charge in [-0.1, -0.05) is 50.8 Å². The molecule has 0 saturated carbocycles. The van der Waals surface area contributed by atoms with E-state index in [1.807, 2.05) is 24.3 Å². The molecule has 0 fully saturated rings. The third-order valence-corrected chi connectivity index (χ3v) is 3.61. The minimum absolute atomic E-state index is 0.661. The van der Waals surface area contributed by atoms with Gasteiger partial charge in [0.2, 0.25) is 5.88 Å². The van der Waals surface area contributed by atoms with Crippen LogP contribution in [0.1, 0.15) is 39.0 Å². The number of rotatable bonds is 7. The molecule has 0 aliphatic heterocycles. The van der Waals surface area contributed by atoms with E-state index in [1.54, 1.807) is 10.8 Å². The molecule has 0 saturated heterocycles. The van der Waals surface area contributed by atoms with Crippen molar-refractivity contribution in [2.75, 3.05) is 6.61 Å². The Morgan fingerprint density at radius 3 is 2.71 bits per heavy atom. The molecule has 0 atom stereocenters. The van der Waals surface area contributed by atoms with E-state index < -0.39 is 0 Å². The molecule has 2 aromatic heterocycles. The second-order valence-electron chi connectivity index (χ2n) is 5.21. The Morgan fingerprint density at radius 1 is 1.05 bits per heavy atom. The zero-order valence-electron chi connectivity index (χ0n) is 12.3. The molecule has 2 heterocycles. The molecule has 0 unspecified atom stereocenters. The first-order chi connectivity index (χ1) is 10.4. The third-order valence-electron chi connectivity index (χ3n) is 3.61. The fraction of sp³-hybridized carbons (Fsp3) is 0.438. The highest BCUT2D eigenvalue weighted by Gasteiger charge is 2.10. The molecular weight excluding hydrogens is 264 g/mol. The van der Waals surface area contributed by atoms with E-state index in [0.717, 1.165) is 22.8 Å². The van der Waals surface area contributed by atoms with E-state index in [1.165, 1.54) is 25.7 Å². The Kier molecular flexibility index (Phi) is 4.28. The molecule has 0 aliphatic carbocycles. The smallest absolute Gasteiger partial charge is 0.239 e. The van der Waals surface area contributed by atoms with Crippen molar-refractivity contribution in [3.63, 3.8) is 0 Å². The highest BCUT2D eigenvalue weighted by Crippen LogP contribution is 2.25. The second kappa shape index (κ2) is 6.52. The molecular formula is C16H20N4O. The topological polar surface area (TPSA) is 52.3 Å². The molecule has 5 heteroatoms. The number of ether oxygens (including phenoxy) is 1. The summed E-state index contributed by atoms with van der Waals surface area (Å²) in [6, 6.07) is 8.02. The Morgan fingerprint density at radius 2 is 1.86 bits per heavy atom. The first-order valence-corrected chi connectivity index (χ1v) is 7.61. The van der Waals surface area contributed by atoms with E-state index in [4.69, 9.17) is 4.74 Å². The van der Waals surface area contributed by atoms with Gasteiger partial charge in [0, 0.05) is 10.8 Å². The standard InChI is InChI=1S/C16H20N4O/c1-2-3-4-5-8-11-21-16-14-10-7-6-9-13(14)15-18-17-12-20(15)19-16/h6-7,9-10,12H,2-5,8,11H2,1H3. The van der Waals surface area contributed by atoms with Gasteiger partial charge >= 0.3 is 0 Å². The van der Waals surface area contributed by atoms with Crippen molar-refractivity contribution in [1.82, 2.24) is 19.8 Å². The maximum Gasteiger partial charge on any atom is 0.239 e. The van der Waals surface area contributed by atoms with Crippen LogP contribution in [0.5, 0.6) is 5.88 Å². The largest absolute Gasteiger partial charge is 0.476 e. The Labute approximate surface area is 123 Å². The van der Waals surface area contributed by atoms with Gasteiger partial charge in [0.15, 0.2) is 5.65 Å². The van der Waals surface area contributed by atoms with E-state index in [2.05, 4.69) is 22.2 Å². The van der Waals surface area contributed by atoms with E-state index in [9.17, 15) is 0 Å².